The van der Waals surface area contributed by atoms with Gasteiger partial charge in [-0.1, -0.05) is 18.5 Å². The molecule has 1 atom stereocenters. The zero-order valence-electron chi connectivity index (χ0n) is 8.63. The number of nitrogens with two attached hydrogens (primary N) is 1. The minimum Gasteiger partial charge on any atom is -0.369 e. The first-order valence-corrected chi connectivity index (χ1v) is 6.05. The van der Waals surface area contributed by atoms with Gasteiger partial charge in [-0.25, -0.2) is 4.98 Å². The van der Waals surface area contributed by atoms with Gasteiger partial charge < -0.3 is 11.1 Å². The van der Waals surface area contributed by atoms with E-state index in [1.807, 2.05) is 6.07 Å². The average molecular weight is 293 g/mol. The summed E-state index contributed by atoms with van der Waals surface area (Å²) in [5, 5.41) is 3.88. The first kappa shape index (κ1) is 12.7. The van der Waals surface area contributed by atoms with Gasteiger partial charge in [0, 0.05) is 12.7 Å². The molecule has 84 valence electrons. The van der Waals surface area contributed by atoms with Crippen LogP contribution in [0, 0.1) is 5.92 Å². The van der Waals surface area contributed by atoms with Gasteiger partial charge in [0.15, 0.2) is 0 Å². The Morgan fingerprint density at radius 2 is 2.40 bits per heavy atom. The monoisotopic (exact) mass is 291 g/mol. The van der Waals surface area contributed by atoms with E-state index in [0.29, 0.717) is 10.9 Å². The Hall–Kier alpha value is -0.320. The second kappa shape index (κ2) is 6.30. The minimum atomic E-state index is 0.541. The SMILES string of the molecule is CC(CCN)CNc1ncc(Cl)cc1Br. The van der Waals surface area contributed by atoms with Crippen LogP contribution in [0.4, 0.5) is 5.82 Å². The normalized spacial score (nSPS) is 12.5. The Morgan fingerprint density at radius 1 is 1.67 bits per heavy atom. The van der Waals surface area contributed by atoms with Crippen LogP contribution in [0.2, 0.25) is 5.02 Å². The Balaban J connectivity index is 2.50. The molecule has 0 aliphatic heterocycles. The van der Waals surface area contributed by atoms with Gasteiger partial charge >= 0.3 is 0 Å². The fraction of sp³-hybridized carbons (Fsp3) is 0.500. The number of halogens is 2. The Morgan fingerprint density at radius 3 is 3.00 bits per heavy atom. The largest absolute Gasteiger partial charge is 0.369 e. The molecule has 1 aromatic heterocycles. The Bertz CT molecular complexity index is 320. The molecule has 1 heterocycles. The second-order valence-electron chi connectivity index (χ2n) is 3.55. The number of nitrogens with zero attached hydrogens (tertiary/aromatic N) is 1. The molecule has 1 aromatic rings. The second-order valence-corrected chi connectivity index (χ2v) is 4.84. The zero-order chi connectivity index (χ0) is 11.3. The van der Waals surface area contributed by atoms with Crippen molar-refractivity contribution >= 4 is 33.3 Å². The maximum Gasteiger partial charge on any atom is 0.140 e. The van der Waals surface area contributed by atoms with E-state index >= 15 is 0 Å². The lowest BCUT2D eigenvalue weighted by Gasteiger charge is -2.12. The molecule has 15 heavy (non-hydrogen) atoms. The third kappa shape index (κ3) is 4.36. The lowest BCUT2D eigenvalue weighted by atomic mass is 10.1. The van der Waals surface area contributed by atoms with Crippen LogP contribution in [-0.2, 0) is 0 Å². The van der Waals surface area contributed by atoms with Crippen molar-refractivity contribution in [2.24, 2.45) is 11.7 Å². The summed E-state index contributed by atoms with van der Waals surface area (Å²) >= 11 is 9.19. The van der Waals surface area contributed by atoms with Crippen molar-refractivity contribution in [1.29, 1.82) is 0 Å². The molecule has 0 radical (unpaired) electrons. The number of nitrogens with one attached hydrogen (secondary N) is 1. The molecule has 3 N–H and O–H groups in total. The van der Waals surface area contributed by atoms with Crippen LogP contribution in [0.1, 0.15) is 13.3 Å². The van der Waals surface area contributed by atoms with Crippen molar-refractivity contribution in [3.8, 4) is 0 Å². The summed E-state index contributed by atoms with van der Waals surface area (Å²) in [6.07, 6.45) is 2.64. The van der Waals surface area contributed by atoms with Crippen LogP contribution in [-0.4, -0.2) is 18.1 Å². The predicted molar refractivity (Wildman–Crippen MR) is 68.3 cm³/mol. The van der Waals surface area contributed by atoms with E-state index in [1.165, 1.54) is 0 Å². The third-order valence-electron chi connectivity index (χ3n) is 2.09. The van der Waals surface area contributed by atoms with E-state index < -0.39 is 0 Å². The highest BCUT2D eigenvalue weighted by Crippen LogP contribution is 2.23. The number of aromatic nitrogens is 1. The molecule has 0 bridgehead atoms. The molecular formula is C10H15BrClN3. The molecule has 0 amide bonds. The van der Waals surface area contributed by atoms with Gasteiger partial charge in [0.2, 0.25) is 0 Å². The maximum atomic E-state index is 5.79. The van der Waals surface area contributed by atoms with Crippen molar-refractivity contribution in [3.05, 3.63) is 21.8 Å². The van der Waals surface area contributed by atoms with Gasteiger partial charge in [-0.3, -0.25) is 0 Å². The van der Waals surface area contributed by atoms with Gasteiger partial charge in [-0.15, -0.1) is 0 Å². The fourth-order valence-corrected chi connectivity index (χ4v) is 1.98. The summed E-state index contributed by atoms with van der Waals surface area (Å²) in [7, 11) is 0. The van der Waals surface area contributed by atoms with Gasteiger partial charge in [0.25, 0.3) is 0 Å². The highest BCUT2D eigenvalue weighted by Gasteiger charge is 2.04. The first-order valence-electron chi connectivity index (χ1n) is 4.88. The highest BCUT2D eigenvalue weighted by molar-refractivity contribution is 9.10. The van der Waals surface area contributed by atoms with Crippen molar-refractivity contribution in [2.75, 3.05) is 18.4 Å². The molecule has 1 rings (SSSR count). The summed E-state index contributed by atoms with van der Waals surface area (Å²) < 4.78 is 0.884. The quantitative estimate of drug-likeness (QED) is 0.877. The van der Waals surface area contributed by atoms with Gasteiger partial charge in [-0.05, 0) is 40.9 Å². The van der Waals surface area contributed by atoms with Gasteiger partial charge in [-0.2, -0.15) is 0 Å². The van der Waals surface area contributed by atoms with Crippen molar-refractivity contribution in [2.45, 2.75) is 13.3 Å². The van der Waals surface area contributed by atoms with Crippen LogP contribution in [0.3, 0.4) is 0 Å². The lowest BCUT2D eigenvalue weighted by molar-refractivity contribution is 0.567. The van der Waals surface area contributed by atoms with E-state index in [4.69, 9.17) is 17.3 Å². The highest BCUT2D eigenvalue weighted by atomic mass is 79.9. The van der Waals surface area contributed by atoms with Crippen molar-refractivity contribution in [1.82, 2.24) is 4.98 Å². The number of hydrogen-bond acceptors (Lipinski definition) is 3. The molecule has 1 unspecified atom stereocenters. The lowest BCUT2D eigenvalue weighted by Crippen LogP contribution is -2.15. The van der Waals surface area contributed by atoms with Gasteiger partial charge in [0.05, 0.1) is 9.50 Å². The number of rotatable bonds is 5. The van der Waals surface area contributed by atoms with Gasteiger partial charge in [0.1, 0.15) is 5.82 Å². The topological polar surface area (TPSA) is 50.9 Å². The number of hydrogen-bond donors (Lipinski definition) is 2. The first-order chi connectivity index (χ1) is 7.13. The zero-order valence-corrected chi connectivity index (χ0v) is 11.0. The molecule has 5 heteroatoms. The maximum absolute atomic E-state index is 5.79. The number of pyridine rings is 1. The van der Waals surface area contributed by atoms with Crippen molar-refractivity contribution < 1.29 is 0 Å². The van der Waals surface area contributed by atoms with Crippen molar-refractivity contribution in [3.63, 3.8) is 0 Å². The van der Waals surface area contributed by atoms with Crippen LogP contribution < -0.4 is 11.1 Å². The van der Waals surface area contributed by atoms with E-state index in [-0.39, 0.29) is 0 Å². The summed E-state index contributed by atoms with van der Waals surface area (Å²) in [5.41, 5.74) is 5.48. The molecule has 0 saturated heterocycles. The molecule has 0 aromatic carbocycles. The fourth-order valence-electron chi connectivity index (χ4n) is 1.20. The molecular weight excluding hydrogens is 277 g/mol. The molecule has 0 aliphatic rings. The molecule has 0 saturated carbocycles. The average Bonchev–Trinajstić information content (AvgIpc) is 2.17. The van der Waals surface area contributed by atoms with Crippen LogP contribution in [0.25, 0.3) is 0 Å². The van der Waals surface area contributed by atoms with E-state index in [2.05, 4.69) is 33.2 Å². The minimum absolute atomic E-state index is 0.541. The van der Waals surface area contributed by atoms with Crippen LogP contribution in [0.5, 0.6) is 0 Å². The summed E-state index contributed by atoms with van der Waals surface area (Å²) in [4.78, 5) is 4.19. The third-order valence-corrected chi connectivity index (χ3v) is 2.90. The Kier molecular flexibility index (Phi) is 5.36. The summed E-state index contributed by atoms with van der Waals surface area (Å²) in [6.45, 7) is 3.74. The van der Waals surface area contributed by atoms with E-state index in [0.717, 1.165) is 29.8 Å². The molecule has 3 nitrogen and oxygen atoms in total. The van der Waals surface area contributed by atoms with E-state index in [1.54, 1.807) is 6.20 Å². The summed E-state index contributed by atoms with van der Waals surface area (Å²) in [6, 6.07) is 1.82. The summed E-state index contributed by atoms with van der Waals surface area (Å²) in [5.74, 6) is 1.36. The van der Waals surface area contributed by atoms with E-state index in [9.17, 15) is 0 Å². The van der Waals surface area contributed by atoms with Crippen LogP contribution in [0.15, 0.2) is 16.7 Å². The Labute approximate surface area is 104 Å². The smallest absolute Gasteiger partial charge is 0.140 e. The number of anilines is 1. The van der Waals surface area contributed by atoms with Crippen LogP contribution >= 0.6 is 27.5 Å². The standard InChI is InChI=1S/C10H15BrClN3/c1-7(2-3-13)5-14-10-9(11)4-8(12)6-15-10/h4,6-7H,2-3,5,13H2,1H3,(H,14,15). The molecule has 0 aliphatic carbocycles. The molecule has 0 fully saturated rings. The predicted octanol–water partition coefficient (Wildman–Crippen LogP) is 2.89. The molecule has 0 spiro atoms.